The van der Waals surface area contributed by atoms with Crippen LogP contribution < -0.4 is 15.5 Å². The van der Waals surface area contributed by atoms with Crippen LogP contribution >= 0.6 is 11.6 Å². The summed E-state index contributed by atoms with van der Waals surface area (Å²) in [5, 5.41) is 17.3. The Bertz CT molecular complexity index is 909. The highest BCUT2D eigenvalue weighted by Crippen LogP contribution is 2.34. The van der Waals surface area contributed by atoms with Gasteiger partial charge in [0.15, 0.2) is 12.1 Å². The molecular weight excluding hydrogens is 399 g/mol. The van der Waals surface area contributed by atoms with E-state index < -0.39 is 0 Å². The lowest BCUT2D eigenvalue weighted by atomic mass is 10.0. The monoisotopic (exact) mass is 420 g/mol. The Kier molecular flexibility index (Phi) is 5.75. The third kappa shape index (κ3) is 4.10. The second-order valence-corrected chi connectivity index (χ2v) is 7.27. The molecule has 1 saturated heterocycles. The molecule has 0 radical (unpaired) electrons. The van der Waals surface area contributed by atoms with Crippen molar-refractivity contribution in [3.8, 4) is 5.75 Å². The molecule has 7 nitrogen and oxygen atoms in total. The molecule has 9 heteroatoms. The van der Waals surface area contributed by atoms with Crippen LogP contribution in [-0.2, 0) is 4.74 Å². The van der Waals surface area contributed by atoms with Crippen LogP contribution in [0.4, 0.5) is 10.1 Å². The van der Waals surface area contributed by atoms with E-state index in [9.17, 15) is 4.39 Å². The molecule has 0 aromatic heterocycles. The quantitative estimate of drug-likeness (QED) is 0.667. The molecule has 3 N–H and O–H groups in total. The summed E-state index contributed by atoms with van der Waals surface area (Å²) in [5.74, 6) is 0.984. The number of hydrazone groups is 1. The molecule has 2 aromatic rings. The van der Waals surface area contributed by atoms with Crippen molar-refractivity contribution in [3.05, 3.63) is 58.4 Å². The number of aryl methyl sites for hydroxylation is 1. The van der Waals surface area contributed by atoms with Crippen molar-refractivity contribution < 1.29 is 19.0 Å². The van der Waals surface area contributed by atoms with E-state index in [0.29, 0.717) is 24.0 Å². The molecule has 0 amide bonds. The molecule has 0 saturated carbocycles. The number of anilines is 1. The van der Waals surface area contributed by atoms with E-state index in [4.69, 9.17) is 26.2 Å². The van der Waals surface area contributed by atoms with Crippen LogP contribution in [0.2, 0.25) is 5.02 Å². The van der Waals surface area contributed by atoms with Gasteiger partial charge in [0.1, 0.15) is 24.8 Å². The number of nitrogens with zero attached hydrogens (tertiary/aromatic N) is 2. The summed E-state index contributed by atoms with van der Waals surface area (Å²) in [6.07, 6.45) is -0.325. The zero-order valence-corrected chi connectivity index (χ0v) is 16.6. The molecule has 0 aliphatic carbocycles. The van der Waals surface area contributed by atoms with Crippen molar-refractivity contribution >= 4 is 23.1 Å². The molecule has 1 unspecified atom stereocenters. The fraction of sp³-hybridized carbons (Fsp3) is 0.350. The maximum absolute atomic E-state index is 13.4. The summed E-state index contributed by atoms with van der Waals surface area (Å²) in [4.78, 5) is 2.10. The second-order valence-electron chi connectivity index (χ2n) is 6.86. The minimum atomic E-state index is -0.325. The van der Waals surface area contributed by atoms with E-state index in [0.717, 1.165) is 22.6 Å². The Morgan fingerprint density at radius 2 is 2.17 bits per heavy atom. The maximum Gasteiger partial charge on any atom is 0.192 e. The fourth-order valence-electron chi connectivity index (χ4n) is 3.48. The lowest BCUT2D eigenvalue weighted by Gasteiger charge is -2.38. The number of hydrogen-bond donors (Lipinski definition) is 3. The van der Waals surface area contributed by atoms with Crippen molar-refractivity contribution in [1.82, 2.24) is 10.3 Å². The molecule has 29 heavy (non-hydrogen) atoms. The largest absolute Gasteiger partial charge is 0.490 e. The van der Waals surface area contributed by atoms with Crippen molar-refractivity contribution in [2.75, 3.05) is 31.7 Å². The Balaban J connectivity index is 1.58. The molecule has 4 rings (SSSR count). The lowest BCUT2D eigenvalue weighted by Crippen LogP contribution is -2.52. The lowest BCUT2D eigenvalue weighted by molar-refractivity contribution is 0.0609. The number of aliphatic hydroxyl groups is 1. The van der Waals surface area contributed by atoms with Gasteiger partial charge in [-0.1, -0.05) is 23.7 Å². The minimum absolute atomic E-state index is 0.0958. The number of amidine groups is 1. The van der Waals surface area contributed by atoms with Crippen LogP contribution in [0.25, 0.3) is 0 Å². The van der Waals surface area contributed by atoms with Gasteiger partial charge in [-0.05, 0) is 36.2 Å². The smallest absolute Gasteiger partial charge is 0.192 e. The highest BCUT2D eigenvalue weighted by molar-refractivity contribution is 6.32. The molecule has 0 spiro atoms. The van der Waals surface area contributed by atoms with E-state index in [2.05, 4.69) is 20.7 Å². The second kappa shape index (κ2) is 8.44. The molecule has 2 atom stereocenters. The predicted molar refractivity (Wildman–Crippen MR) is 109 cm³/mol. The van der Waals surface area contributed by atoms with Crippen LogP contribution in [-0.4, -0.2) is 48.6 Å². The third-order valence-electron chi connectivity index (χ3n) is 4.91. The van der Waals surface area contributed by atoms with E-state index >= 15 is 0 Å². The van der Waals surface area contributed by atoms with E-state index in [-0.39, 0.29) is 31.4 Å². The van der Waals surface area contributed by atoms with Gasteiger partial charge in [0.05, 0.1) is 24.3 Å². The van der Waals surface area contributed by atoms with Gasteiger partial charge in [0.2, 0.25) is 0 Å². The first kappa shape index (κ1) is 19.8. The van der Waals surface area contributed by atoms with Crippen molar-refractivity contribution in [2.24, 2.45) is 5.10 Å². The number of halogens is 2. The van der Waals surface area contributed by atoms with Crippen LogP contribution in [0.1, 0.15) is 17.2 Å². The fourth-order valence-corrected chi connectivity index (χ4v) is 3.75. The number of fused-ring (bicyclic) bond motifs is 1. The molecule has 2 aliphatic rings. The van der Waals surface area contributed by atoms with Gasteiger partial charge in [0, 0.05) is 11.8 Å². The van der Waals surface area contributed by atoms with E-state index in [1.165, 1.54) is 12.1 Å². The van der Waals surface area contributed by atoms with Crippen molar-refractivity contribution in [1.29, 1.82) is 0 Å². The summed E-state index contributed by atoms with van der Waals surface area (Å²) < 4.78 is 24.6. The first-order valence-electron chi connectivity index (χ1n) is 9.31. The highest BCUT2D eigenvalue weighted by Gasteiger charge is 2.38. The summed E-state index contributed by atoms with van der Waals surface area (Å²) in [6.45, 7) is 2.87. The summed E-state index contributed by atoms with van der Waals surface area (Å²) in [7, 11) is 0. The SMILES string of the molecule is Cc1cc(Cl)c(OCCO)cc1NC1NN=C2COC[C@@H](c3ccc(F)cc3)N21. The molecule has 0 bridgehead atoms. The van der Waals surface area contributed by atoms with Crippen molar-refractivity contribution in [2.45, 2.75) is 19.3 Å². The molecule has 2 heterocycles. The van der Waals surface area contributed by atoms with E-state index in [1.54, 1.807) is 18.2 Å². The zero-order valence-electron chi connectivity index (χ0n) is 15.9. The number of hydrogen-bond acceptors (Lipinski definition) is 7. The standard InChI is InChI=1S/C20H22ClFN4O3/c1-12-8-15(21)18(29-7-6-27)9-16(12)23-20-25-24-19-11-28-10-17(26(19)20)13-2-4-14(22)5-3-13/h2-5,8-9,17,20,23,25,27H,6-7,10-11H2,1H3/t17-,20?/m0/s1. The minimum Gasteiger partial charge on any atom is -0.490 e. The average molecular weight is 421 g/mol. The van der Waals surface area contributed by atoms with Crippen LogP contribution in [0.5, 0.6) is 5.75 Å². The third-order valence-corrected chi connectivity index (χ3v) is 5.20. The van der Waals surface area contributed by atoms with Crippen LogP contribution in [0, 0.1) is 12.7 Å². The molecule has 154 valence electrons. The van der Waals surface area contributed by atoms with Crippen LogP contribution in [0.15, 0.2) is 41.5 Å². The number of benzene rings is 2. The topological polar surface area (TPSA) is 78.3 Å². The Labute approximate surface area is 173 Å². The number of morpholine rings is 1. The number of rotatable bonds is 6. The Morgan fingerprint density at radius 3 is 2.93 bits per heavy atom. The number of ether oxygens (including phenoxy) is 2. The molecule has 2 aromatic carbocycles. The normalized spacial score (nSPS) is 20.7. The average Bonchev–Trinajstić information content (AvgIpc) is 3.13. The predicted octanol–water partition coefficient (Wildman–Crippen LogP) is 2.84. The van der Waals surface area contributed by atoms with E-state index in [1.807, 2.05) is 13.0 Å². The first-order chi connectivity index (χ1) is 14.1. The summed E-state index contributed by atoms with van der Waals surface area (Å²) in [6, 6.07) is 9.91. The van der Waals surface area contributed by atoms with Gasteiger partial charge in [-0.3, -0.25) is 5.43 Å². The molecule has 2 aliphatic heterocycles. The van der Waals surface area contributed by atoms with Crippen molar-refractivity contribution in [3.63, 3.8) is 0 Å². The Hall–Kier alpha value is -2.55. The van der Waals surface area contributed by atoms with Crippen LogP contribution in [0.3, 0.4) is 0 Å². The van der Waals surface area contributed by atoms with Gasteiger partial charge in [-0.25, -0.2) is 4.39 Å². The first-order valence-corrected chi connectivity index (χ1v) is 9.68. The number of nitrogens with one attached hydrogen (secondary N) is 2. The van der Waals surface area contributed by atoms with Gasteiger partial charge < -0.3 is 24.8 Å². The maximum atomic E-state index is 13.4. The highest BCUT2D eigenvalue weighted by atomic mass is 35.5. The summed E-state index contributed by atoms with van der Waals surface area (Å²) in [5.41, 5.74) is 5.79. The molecular formula is C20H22ClFN4O3. The molecule has 1 fully saturated rings. The van der Waals surface area contributed by atoms with Gasteiger partial charge in [-0.2, -0.15) is 5.10 Å². The van der Waals surface area contributed by atoms with Gasteiger partial charge in [0.25, 0.3) is 0 Å². The zero-order chi connectivity index (χ0) is 20.4. The Morgan fingerprint density at radius 1 is 1.38 bits per heavy atom. The van der Waals surface area contributed by atoms with Gasteiger partial charge in [-0.15, -0.1) is 0 Å². The van der Waals surface area contributed by atoms with Gasteiger partial charge >= 0.3 is 0 Å². The number of aliphatic hydroxyl groups excluding tert-OH is 1. The summed E-state index contributed by atoms with van der Waals surface area (Å²) >= 11 is 6.25.